The van der Waals surface area contributed by atoms with Gasteiger partial charge in [-0.1, -0.05) is 19.6 Å². The van der Waals surface area contributed by atoms with Gasteiger partial charge in [0.05, 0.1) is 43.9 Å². The molecule has 178 valence electrons. The molecule has 3 aliphatic heterocycles. The van der Waals surface area contributed by atoms with Crippen molar-refractivity contribution in [1.82, 2.24) is 9.80 Å². The number of nitrogens with zero attached hydrogens (tertiary/aromatic N) is 2. The van der Waals surface area contributed by atoms with Crippen LogP contribution in [0.1, 0.15) is 0 Å². The third kappa shape index (κ3) is 4.81. The molecular weight excluding hydrogens is 452 g/mol. The minimum Gasteiger partial charge on any atom is -0.472 e. The zero-order valence-corrected chi connectivity index (χ0v) is 21.1. The number of likely N-dealkylation sites (N-methyl/N-ethyl adjacent to an activating group) is 1. The lowest BCUT2D eigenvalue weighted by Gasteiger charge is -2.45. The minimum atomic E-state index is -1.63. The molecule has 0 aromatic heterocycles. The van der Waals surface area contributed by atoms with Gasteiger partial charge in [-0.25, -0.2) is 0 Å². The second kappa shape index (κ2) is 10.1. The van der Waals surface area contributed by atoms with Crippen LogP contribution < -0.4 is 0 Å². The number of carbonyl (C=O) groups is 3. The summed E-state index contributed by atoms with van der Waals surface area (Å²) in [6.07, 6.45) is 3.69. The van der Waals surface area contributed by atoms with Gasteiger partial charge in [0.25, 0.3) is 5.91 Å². The van der Waals surface area contributed by atoms with E-state index in [4.69, 9.17) is 18.9 Å². The number of methoxy groups -OCH3 is 1. The van der Waals surface area contributed by atoms with Crippen LogP contribution in [0.2, 0.25) is 25.7 Å². The molecule has 3 aliphatic rings. The Balaban J connectivity index is 1.93. The van der Waals surface area contributed by atoms with Crippen LogP contribution in [0.25, 0.3) is 0 Å². The van der Waals surface area contributed by atoms with Gasteiger partial charge in [0.15, 0.2) is 0 Å². The van der Waals surface area contributed by atoms with E-state index in [-0.39, 0.29) is 30.7 Å². The molecule has 3 atom stereocenters. The number of thioether (sulfide) groups is 1. The standard InChI is InChI=1S/C21H32N2O7SSi/c1-22-12-17(24)23-18-15(13-28-7-6-16(18)30-14-29-9-8-27-2)19(25)21(23,20(22)26)31-10-11-32(3,4)5/h6-7,13,16,18H,8-12,14H2,1-5H3/t16-,18-,21+/m0/s1. The zero-order chi connectivity index (χ0) is 23.5. The van der Waals surface area contributed by atoms with Crippen LogP contribution in [0.15, 0.2) is 24.2 Å². The predicted octanol–water partition coefficient (Wildman–Crippen LogP) is 1.44. The summed E-state index contributed by atoms with van der Waals surface area (Å²) in [7, 11) is 1.72. The summed E-state index contributed by atoms with van der Waals surface area (Å²) in [5.74, 6) is -0.479. The number of carbonyl (C=O) groups excluding carboxylic acids is 3. The van der Waals surface area contributed by atoms with Crippen LogP contribution in [-0.4, -0.2) is 98.9 Å². The Bertz CT molecular complexity index is 812. The van der Waals surface area contributed by atoms with Gasteiger partial charge in [0.1, 0.15) is 12.9 Å². The van der Waals surface area contributed by atoms with Crippen molar-refractivity contribution in [2.75, 3.05) is 46.5 Å². The van der Waals surface area contributed by atoms with Gasteiger partial charge in [-0.3, -0.25) is 14.4 Å². The normalized spacial score (nSPS) is 27.8. The molecule has 2 fully saturated rings. The zero-order valence-electron chi connectivity index (χ0n) is 19.3. The highest BCUT2D eigenvalue weighted by Crippen LogP contribution is 2.48. The Kier molecular flexibility index (Phi) is 7.87. The van der Waals surface area contributed by atoms with E-state index in [0.29, 0.717) is 19.0 Å². The third-order valence-corrected chi connectivity index (χ3v) is 9.07. The van der Waals surface area contributed by atoms with Gasteiger partial charge in [-0.15, -0.1) is 11.8 Å². The first kappa shape index (κ1) is 25.0. The number of piperazine rings is 1. The number of ketones is 1. The lowest BCUT2D eigenvalue weighted by atomic mass is 10.0. The fourth-order valence-corrected chi connectivity index (χ4v) is 7.91. The highest BCUT2D eigenvalue weighted by Gasteiger charge is 2.67. The van der Waals surface area contributed by atoms with Gasteiger partial charge >= 0.3 is 0 Å². The number of Topliss-reactive ketones (excluding diaryl/α,β-unsaturated/α-hetero) is 1. The third-order valence-electron chi connectivity index (χ3n) is 5.58. The topological polar surface area (TPSA) is 94.6 Å². The number of fused-ring (bicyclic) bond motifs is 3. The van der Waals surface area contributed by atoms with Crippen LogP contribution in [0.5, 0.6) is 0 Å². The van der Waals surface area contributed by atoms with Crippen molar-refractivity contribution in [2.45, 2.75) is 42.7 Å². The quantitative estimate of drug-likeness (QED) is 0.199. The van der Waals surface area contributed by atoms with E-state index in [1.807, 2.05) is 0 Å². The molecule has 0 spiro atoms. The molecule has 11 heteroatoms. The van der Waals surface area contributed by atoms with Gasteiger partial charge in [0, 0.05) is 22.2 Å². The number of amides is 2. The van der Waals surface area contributed by atoms with Gasteiger partial charge in [-0.2, -0.15) is 0 Å². The molecule has 0 aromatic rings. The SMILES string of the molecule is COCCOCO[C@H]1C=COC=C2C(=O)[C@@]3(SCC[Si](C)(C)C)C(=O)N(C)CC(=O)N3[C@@H]21. The molecule has 0 bridgehead atoms. The molecule has 32 heavy (non-hydrogen) atoms. The van der Waals surface area contributed by atoms with Crippen molar-refractivity contribution in [2.24, 2.45) is 0 Å². The first-order valence-electron chi connectivity index (χ1n) is 10.6. The highest BCUT2D eigenvalue weighted by molar-refractivity contribution is 8.02. The second-order valence-electron chi connectivity index (χ2n) is 9.19. The lowest BCUT2D eigenvalue weighted by molar-refractivity contribution is -0.161. The summed E-state index contributed by atoms with van der Waals surface area (Å²) < 4.78 is 21.6. The Morgan fingerprint density at radius 3 is 2.69 bits per heavy atom. The van der Waals surface area contributed by atoms with E-state index in [1.165, 1.54) is 34.1 Å². The molecular formula is C21H32N2O7SSi. The maximum absolute atomic E-state index is 13.7. The summed E-state index contributed by atoms with van der Waals surface area (Å²) in [6.45, 7) is 7.32. The van der Waals surface area contributed by atoms with Crippen molar-refractivity contribution in [3.8, 4) is 0 Å². The summed E-state index contributed by atoms with van der Waals surface area (Å²) in [5, 5.41) is 0. The van der Waals surface area contributed by atoms with Crippen molar-refractivity contribution < 1.29 is 33.3 Å². The average Bonchev–Trinajstić information content (AvgIpc) is 2.84. The minimum absolute atomic E-state index is 0.0536. The van der Waals surface area contributed by atoms with E-state index in [2.05, 4.69) is 19.6 Å². The second-order valence-corrected chi connectivity index (χ2v) is 16.1. The molecule has 2 saturated heterocycles. The van der Waals surface area contributed by atoms with E-state index in [1.54, 1.807) is 20.2 Å². The van der Waals surface area contributed by atoms with E-state index in [9.17, 15) is 14.4 Å². The summed E-state index contributed by atoms with van der Waals surface area (Å²) >= 11 is 1.25. The van der Waals surface area contributed by atoms with Crippen molar-refractivity contribution in [3.05, 3.63) is 24.2 Å². The van der Waals surface area contributed by atoms with Crippen molar-refractivity contribution >= 4 is 37.4 Å². The van der Waals surface area contributed by atoms with Crippen molar-refractivity contribution in [1.29, 1.82) is 0 Å². The van der Waals surface area contributed by atoms with Crippen LogP contribution >= 0.6 is 11.8 Å². The summed E-state index contributed by atoms with van der Waals surface area (Å²) in [4.78, 5) is 41.6. The Morgan fingerprint density at radius 2 is 2.00 bits per heavy atom. The average molecular weight is 485 g/mol. The fraction of sp³-hybridized carbons (Fsp3) is 0.667. The Hall–Kier alpha value is -1.66. The van der Waals surface area contributed by atoms with Crippen molar-refractivity contribution in [3.63, 3.8) is 0 Å². The van der Waals surface area contributed by atoms with Crippen LogP contribution in [-0.2, 0) is 33.3 Å². The number of hydrogen-bond donors (Lipinski definition) is 0. The predicted molar refractivity (Wildman–Crippen MR) is 122 cm³/mol. The highest BCUT2D eigenvalue weighted by atomic mass is 32.2. The molecule has 0 aliphatic carbocycles. The molecule has 0 unspecified atom stereocenters. The number of ether oxygens (including phenoxy) is 4. The Morgan fingerprint density at radius 1 is 1.25 bits per heavy atom. The van der Waals surface area contributed by atoms with Crippen LogP contribution in [0.4, 0.5) is 0 Å². The number of hydrogen-bond acceptors (Lipinski definition) is 8. The maximum Gasteiger partial charge on any atom is 0.267 e. The molecule has 9 nitrogen and oxygen atoms in total. The van der Waals surface area contributed by atoms with Gasteiger partial charge < -0.3 is 28.7 Å². The van der Waals surface area contributed by atoms with Gasteiger partial charge in [0.2, 0.25) is 16.6 Å². The molecule has 3 rings (SSSR count). The lowest BCUT2D eigenvalue weighted by Crippen LogP contribution is -2.68. The summed E-state index contributed by atoms with van der Waals surface area (Å²) in [5.41, 5.74) is 0.259. The Labute approximate surface area is 194 Å². The van der Waals surface area contributed by atoms with Crippen LogP contribution in [0, 0.1) is 0 Å². The molecule has 3 heterocycles. The molecule has 2 amide bonds. The first-order valence-corrected chi connectivity index (χ1v) is 15.3. The number of rotatable bonds is 10. The molecule has 0 N–H and O–H groups in total. The molecule has 0 aromatic carbocycles. The molecule has 0 radical (unpaired) electrons. The first-order chi connectivity index (χ1) is 15.1. The van der Waals surface area contributed by atoms with E-state index in [0.717, 1.165) is 6.04 Å². The van der Waals surface area contributed by atoms with Crippen LogP contribution in [0.3, 0.4) is 0 Å². The molecule has 0 saturated carbocycles. The maximum atomic E-state index is 13.7. The largest absolute Gasteiger partial charge is 0.472 e. The van der Waals surface area contributed by atoms with E-state index >= 15 is 0 Å². The smallest absolute Gasteiger partial charge is 0.267 e. The van der Waals surface area contributed by atoms with E-state index < -0.39 is 30.9 Å². The summed E-state index contributed by atoms with van der Waals surface area (Å²) in [6, 6.07) is 0.149. The monoisotopic (exact) mass is 484 g/mol. The van der Waals surface area contributed by atoms with Gasteiger partial charge in [-0.05, 0) is 17.9 Å². The fourth-order valence-electron chi connectivity index (χ4n) is 3.88.